The third-order valence-electron chi connectivity index (χ3n) is 5.76. The lowest BCUT2D eigenvalue weighted by Gasteiger charge is -2.29. The number of halogens is 1. The first-order chi connectivity index (χ1) is 15.0. The van der Waals surface area contributed by atoms with Crippen molar-refractivity contribution in [3.8, 4) is 0 Å². The van der Waals surface area contributed by atoms with E-state index in [1.54, 1.807) is 36.6 Å². The average molecular weight is 442 g/mol. The molecule has 3 amide bonds. The predicted molar refractivity (Wildman–Crippen MR) is 116 cm³/mol. The number of hydrogen-bond donors (Lipinski definition) is 2. The Morgan fingerprint density at radius 2 is 1.94 bits per heavy atom. The molecule has 0 saturated heterocycles. The second-order valence-electron chi connectivity index (χ2n) is 7.88. The number of aryl methyl sites for hydroxylation is 1. The third kappa shape index (κ3) is 4.37. The second kappa shape index (κ2) is 8.98. The highest BCUT2D eigenvalue weighted by molar-refractivity contribution is 6.48. The van der Waals surface area contributed by atoms with Crippen molar-refractivity contribution in [2.24, 2.45) is 0 Å². The van der Waals surface area contributed by atoms with Crippen molar-refractivity contribution in [2.45, 2.75) is 51.6 Å². The number of carbonyl (C=O) groups is 3. The van der Waals surface area contributed by atoms with Gasteiger partial charge in [0.15, 0.2) is 0 Å². The molecule has 0 unspecified atom stereocenters. The first-order valence-corrected chi connectivity index (χ1v) is 10.8. The molecule has 31 heavy (non-hydrogen) atoms. The number of anilines is 1. The SMILES string of the molecule is Cc1ccc(C(=O)NCc2ccco2)cc1NC1=C(Cl)C(=O)N(C2CCCCC2)C1=O. The molecule has 2 heterocycles. The van der Waals surface area contributed by atoms with Crippen LogP contribution >= 0.6 is 11.6 Å². The zero-order chi connectivity index (χ0) is 22.0. The molecule has 8 heteroatoms. The van der Waals surface area contributed by atoms with Gasteiger partial charge in [-0.25, -0.2) is 0 Å². The van der Waals surface area contributed by atoms with Crippen molar-refractivity contribution in [1.29, 1.82) is 0 Å². The van der Waals surface area contributed by atoms with Crippen LogP contribution < -0.4 is 10.6 Å². The van der Waals surface area contributed by atoms with Crippen LogP contribution in [-0.4, -0.2) is 28.7 Å². The Kier molecular flexibility index (Phi) is 6.13. The molecule has 162 valence electrons. The molecule has 1 aliphatic heterocycles. The summed E-state index contributed by atoms with van der Waals surface area (Å²) in [6.07, 6.45) is 6.27. The zero-order valence-corrected chi connectivity index (χ0v) is 18.0. The van der Waals surface area contributed by atoms with E-state index in [1.807, 2.05) is 6.92 Å². The number of carbonyl (C=O) groups excluding carboxylic acids is 3. The molecule has 0 bridgehead atoms. The van der Waals surface area contributed by atoms with Gasteiger partial charge in [0, 0.05) is 17.3 Å². The van der Waals surface area contributed by atoms with Gasteiger partial charge in [0.05, 0.1) is 12.8 Å². The van der Waals surface area contributed by atoms with Crippen LogP contribution in [0.5, 0.6) is 0 Å². The van der Waals surface area contributed by atoms with Gasteiger partial charge in [-0.15, -0.1) is 0 Å². The molecule has 1 aliphatic carbocycles. The lowest BCUT2D eigenvalue weighted by atomic mass is 9.94. The minimum Gasteiger partial charge on any atom is -0.467 e. The standard InChI is InChI=1S/C23H24ClN3O4/c1-14-9-10-15(21(28)25-13-17-8-5-11-31-17)12-18(14)26-20-19(24)22(29)27(23(20)30)16-6-3-2-4-7-16/h5,8-12,16,26H,2-4,6-7,13H2,1H3,(H,25,28). The fourth-order valence-corrected chi connectivity index (χ4v) is 4.23. The summed E-state index contributed by atoms with van der Waals surface area (Å²) in [5.74, 6) is -0.495. The van der Waals surface area contributed by atoms with Gasteiger partial charge < -0.3 is 15.1 Å². The summed E-state index contributed by atoms with van der Waals surface area (Å²) in [6, 6.07) is 8.54. The van der Waals surface area contributed by atoms with Crippen LogP contribution in [-0.2, 0) is 16.1 Å². The van der Waals surface area contributed by atoms with E-state index in [-0.39, 0.29) is 29.2 Å². The molecule has 4 rings (SSSR count). The molecular weight excluding hydrogens is 418 g/mol. The molecule has 1 fully saturated rings. The molecule has 0 spiro atoms. The Hall–Kier alpha value is -3.06. The number of amides is 3. The van der Waals surface area contributed by atoms with Gasteiger partial charge in [-0.3, -0.25) is 19.3 Å². The molecule has 0 radical (unpaired) electrons. The Bertz CT molecular complexity index is 1040. The number of nitrogens with one attached hydrogen (secondary N) is 2. The molecular formula is C23H24ClN3O4. The van der Waals surface area contributed by atoms with Gasteiger partial charge >= 0.3 is 0 Å². The first kappa shape index (κ1) is 21.2. The fourth-order valence-electron chi connectivity index (χ4n) is 4.01. The summed E-state index contributed by atoms with van der Waals surface area (Å²) < 4.78 is 5.22. The normalized spacial score (nSPS) is 17.4. The molecule has 1 saturated carbocycles. The van der Waals surface area contributed by atoms with Gasteiger partial charge in [0.2, 0.25) is 0 Å². The second-order valence-corrected chi connectivity index (χ2v) is 8.26. The average Bonchev–Trinajstić information content (AvgIpc) is 3.37. The van der Waals surface area contributed by atoms with E-state index in [4.69, 9.17) is 16.0 Å². The van der Waals surface area contributed by atoms with Gasteiger partial charge in [-0.2, -0.15) is 0 Å². The minimum atomic E-state index is -0.453. The fraction of sp³-hybridized carbons (Fsp3) is 0.348. The summed E-state index contributed by atoms with van der Waals surface area (Å²) >= 11 is 6.26. The van der Waals surface area contributed by atoms with Gasteiger partial charge in [0.1, 0.15) is 16.5 Å². The Labute approximate surface area is 185 Å². The predicted octanol–water partition coefficient (Wildman–Crippen LogP) is 4.08. The van der Waals surface area contributed by atoms with Crippen molar-refractivity contribution in [1.82, 2.24) is 10.2 Å². The summed E-state index contributed by atoms with van der Waals surface area (Å²) in [5, 5.41) is 5.69. The van der Waals surface area contributed by atoms with Crippen LogP contribution in [0.15, 0.2) is 51.7 Å². The molecule has 1 aromatic heterocycles. The molecule has 0 atom stereocenters. The molecule has 2 aliphatic rings. The van der Waals surface area contributed by atoms with Crippen LogP contribution in [0.4, 0.5) is 5.69 Å². The van der Waals surface area contributed by atoms with Crippen molar-refractivity contribution in [3.05, 3.63) is 64.2 Å². The van der Waals surface area contributed by atoms with Crippen LogP contribution in [0.3, 0.4) is 0 Å². The highest BCUT2D eigenvalue weighted by atomic mass is 35.5. The number of rotatable bonds is 6. The lowest BCUT2D eigenvalue weighted by molar-refractivity contribution is -0.140. The van der Waals surface area contributed by atoms with Gasteiger partial charge in [0.25, 0.3) is 17.7 Å². The van der Waals surface area contributed by atoms with Crippen molar-refractivity contribution in [2.75, 3.05) is 5.32 Å². The van der Waals surface area contributed by atoms with Crippen LogP contribution in [0.25, 0.3) is 0 Å². The topological polar surface area (TPSA) is 91.7 Å². The van der Waals surface area contributed by atoms with Crippen LogP contribution in [0.1, 0.15) is 53.8 Å². The van der Waals surface area contributed by atoms with E-state index in [9.17, 15) is 14.4 Å². The summed E-state index contributed by atoms with van der Waals surface area (Å²) in [5.41, 5.74) is 1.84. The maximum atomic E-state index is 13.0. The van der Waals surface area contributed by atoms with E-state index < -0.39 is 11.8 Å². The Morgan fingerprint density at radius 1 is 1.16 bits per heavy atom. The monoisotopic (exact) mass is 441 g/mol. The highest BCUT2D eigenvalue weighted by Gasteiger charge is 2.42. The maximum absolute atomic E-state index is 13.0. The third-order valence-corrected chi connectivity index (χ3v) is 6.11. The number of hydrogen-bond acceptors (Lipinski definition) is 5. The number of nitrogens with zero attached hydrogens (tertiary/aromatic N) is 1. The molecule has 7 nitrogen and oxygen atoms in total. The molecule has 2 N–H and O–H groups in total. The number of benzene rings is 1. The summed E-state index contributed by atoms with van der Waals surface area (Å²) in [4.78, 5) is 39.5. The highest BCUT2D eigenvalue weighted by Crippen LogP contribution is 2.32. The van der Waals surface area contributed by atoms with E-state index in [0.717, 1.165) is 37.7 Å². The van der Waals surface area contributed by atoms with E-state index in [0.29, 0.717) is 17.0 Å². The van der Waals surface area contributed by atoms with Crippen LogP contribution in [0.2, 0.25) is 0 Å². The van der Waals surface area contributed by atoms with Crippen molar-refractivity contribution in [3.63, 3.8) is 0 Å². The van der Waals surface area contributed by atoms with E-state index in [2.05, 4.69) is 10.6 Å². The number of furan rings is 1. The summed E-state index contributed by atoms with van der Waals surface area (Å²) in [7, 11) is 0. The van der Waals surface area contributed by atoms with Crippen molar-refractivity contribution < 1.29 is 18.8 Å². The number of imide groups is 1. The summed E-state index contributed by atoms with van der Waals surface area (Å²) in [6.45, 7) is 2.12. The molecule has 2 aromatic rings. The van der Waals surface area contributed by atoms with Gasteiger partial charge in [-0.05, 0) is 49.6 Å². The Balaban J connectivity index is 1.50. The van der Waals surface area contributed by atoms with E-state index in [1.165, 1.54) is 4.90 Å². The smallest absolute Gasteiger partial charge is 0.279 e. The largest absolute Gasteiger partial charge is 0.467 e. The first-order valence-electron chi connectivity index (χ1n) is 10.4. The van der Waals surface area contributed by atoms with Crippen molar-refractivity contribution >= 4 is 35.0 Å². The zero-order valence-electron chi connectivity index (χ0n) is 17.2. The minimum absolute atomic E-state index is 0.0634. The van der Waals surface area contributed by atoms with Crippen LogP contribution in [0, 0.1) is 6.92 Å². The lowest BCUT2D eigenvalue weighted by Crippen LogP contribution is -2.42. The van der Waals surface area contributed by atoms with Gasteiger partial charge in [-0.1, -0.05) is 36.9 Å². The van der Waals surface area contributed by atoms with E-state index >= 15 is 0 Å². The molecule has 1 aromatic carbocycles. The maximum Gasteiger partial charge on any atom is 0.279 e. The Morgan fingerprint density at radius 3 is 2.65 bits per heavy atom. The quantitative estimate of drug-likeness (QED) is 0.659.